The molecule has 1 fully saturated rings. The van der Waals surface area contributed by atoms with Crippen LogP contribution in [0.2, 0.25) is 5.02 Å². The molecule has 8 heteroatoms. The van der Waals surface area contributed by atoms with Crippen molar-refractivity contribution in [1.29, 1.82) is 0 Å². The Hall–Kier alpha value is -3.84. The van der Waals surface area contributed by atoms with Gasteiger partial charge in [-0.3, -0.25) is 4.79 Å². The summed E-state index contributed by atoms with van der Waals surface area (Å²) in [7, 11) is 1.58. The molecule has 0 aliphatic heterocycles. The minimum atomic E-state index is -0.0945. The molecule has 37 heavy (non-hydrogen) atoms. The van der Waals surface area contributed by atoms with Crippen LogP contribution in [0.5, 0.6) is 5.75 Å². The van der Waals surface area contributed by atoms with Gasteiger partial charge in [0.1, 0.15) is 11.6 Å². The fraction of sp³-hybridized carbons (Fsp3) is 0.276. The van der Waals surface area contributed by atoms with Gasteiger partial charge in [-0.25, -0.2) is 4.98 Å². The number of hydrogen-bond donors (Lipinski definition) is 3. The van der Waals surface area contributed by atoms with Gasteiger partial charge in [-0.05, 0) is 80.1 Å². The van der Waals surface area contributed by atoms with Gasteiger partial charge in [0.15, 0.2) is 0 Å². The number of benzene rings is 3. The highest BCUT2D eigenvalue weighted by atomic mass is 35.5. The van der Waals surface area contributed by atoms with E-state index in [0.29, 0.717) is 34.7 Å². The molecule has 7 nitrogen and oxygen atoms in total. The second-order valence-electron chi connectivity index (χ2n) is 9.32. The number of nitrogens with zero attached hydrogens (tertiary/aromatic N) is 2. The molecule has 0 saturated heterocycles. The molecule has 1 aromatic heterocycles. The lowest BCUT2D eigenvalue weighted by molar-refractivity contribution is 0.0940. The van der Waals surface area contributed by atoms with E-state index in [4.69, 9.17) is 26.3 Å². The van der Waals surface area contributed by atoms with Crippen molar-refractivity contribution in [3.8, 4) is 5.75 Å². The summed E-state index contributed by atoms with van der Waals surface area (Å²) in [6.07, 6.45) is 4.03. The fourth-order valence-corrected chi connectivity index (χ4v) is 4.89. The van der Waals surface area contributed by atoms with E-state index >= 15 is 0 Å². The van der Waals surface area contributed by atoms with Crippen molar-refractivity contribution in [3.05, 3.63) is 83.4 Å². The third kappa shape index (κ3) is 6.12. The first-order valence-electron chi connectivity index (χ1n) is 12.6. The molecule has 1 heterocycles. The second-order valence-corrected chi connectivity index (χ2v) is 9.75. The lowest BCUT2D eigenvalue weighted by Gasteiger charge is -2.29. The van der Waals surface area contributed by atoms with Crippen LogP contribution in [0.15, 0.2) is 72.8 Å². The van der Waals surface area contributed by atoms with Crippen LogP contribution in [0, 0.1) is 5.92 Å². The molecule has 0 bridgehead atoms. The Kier molecular flexibility index (Phi) is 7.70. The van der Waals surface area contributed by atoms with E-state index in [0.717, 1.165) is 48.1 Å². The van der Waals surface area contributed by atoms with Crippen molar-refractivity contribution in [3.63, 3.8) is 0 Å². The summed E-state index contributed by atoms with van der Waals surface area (Å²) in [6, 6.07) is 23.1. The average Bonchev–Trinajstić information content (AvgIpc) is 2.93. The maximum absolute atomic E-state index is 12.6. The number of hydrogen-bond acceptors (Lipinski definition) is 6. The van der Waals surface area contributed by atoms with Gasteiger partial charge < -0.3 is 20.7 Å². The zero-order valence-corrected chi connectivity index (χ0v) is 21.5. The number of carbonyl (C=O) groups excluding carboxylic acids is 1. The lowest BCUT2D eigenvalue weighted by atomic mass is 9.86. The molecule has 4 aromatic rings. The van der Waals surface area contributed by atoms with Crippen LogP contribution < -0.4 is 20.7 Å². The maximum Gasteiger partial charge on any atom is 0.255 e. The Balaban J connectivity index is 1.20. The first-order chi connectivity index (χ1) is 18.1. The molecule has 3 N–H and O–H groups in total. The van der Waals surface area contributed by atoms with Gasteiger partial charge in [0.25, 0.3) is 5.91 Å². The molecular formula is C29H30ClN5O2. The quantitative estimate of drug-likeness (QED) is 0.250. The van der Waals surface area contributed by atoms with Gasteiger partial charge in [-0.1, -0.05) is 35.9 Å². The molecule has 1 amide bonds. The molecule has 1 saturated carbocycles. The lowest BCUT2D eigenvalue weighted by Crippen LogP contribution is -2.34. The molecular weight excluding hydrogens is 486 g/mol. The predicted octanol–water partition coefficient (Wildman–Crippen LogP) is 6.44. The van der Waals surface area contributed by atoms with Crippen LogP contribution in [-0.4, -0.2) is 35.6 Å². The highest BCUT2D eigenvalue weighted by Crippen LogP contribution is 2.29. The molecule has 0 spiro atoms. The van der Waals surface area contributed by atoms with E-state index in [9.17, 15) is 4.79 Å². The number of carbonyl (C=O) groups is 1. The van der Waals surface area contributed by atoms with Gasteiger partial charge in [0, 0.05) is 28.7 Å². The number of fused-ring (bicyclic) bond motifs is 1. The number of amides is 1. The minimum Gasteiger partial charge on any atom is -0.496 e. The summed E-state index contributed by atoms with van der Waals surface area (Å²) >= 11 is 6.04. The van der Waals surface area contributed by atoms with E-state index in [-0.39, 0.29) is 11.9 Å². The Morgan fingerprint density at radius 3 is 2.46 bits per heavy atom. The van der Waals surface area contributed by atoms with E-state index < -0.39 is 0 Å². The molecule has 1 aliphatic carbocycles. The molecule has 0 unspecified atom stereocenters. The Bertz CT molecular complexity index is 1370. The Morgan fingerprint density at radius 2 is 1.68 bits per heavy atom. The first kappa shape index (κ1) is 24.8. The van der Waals surface area contributed by atoms with Crippen molar-refractivity contribution >= 4 is 45.9 Å². The number of aromatic nitrogens is 2. The Labute approximate surface area is 221 Å². The third-order valence-corrected chi connectivity index (χ3v) is 7.05. The predicted molar refractivity (Wildman–Crippen MR) is 149 cm³/mol. The highest BCUT2D eigenvalue weighted by molar-refractivity contribution is 6.30. The van der Waals surface area contributed by atoms with Crippen LogP contribution in [0.3, 0.4) is 0 Å². The minimum absolute atomic E-state index is 0.0945. The summed E-state index contributed by atoms with van der Waals surface area (Å²) in [6.45, 7) is 0.658. The number of rotatable bonds is 8. The number of ether oxygens (including phenoxy) is 1. The van der Waals surface area contributed by atoms with Gasteiger partial charge >= 0.3 is 0 Å². The van der Waals surface area contributed by atoms with Gasteiger partial charge in [0.2, 0.25) is 5.95 Å². The first-order valence-corrected chi connectivity index (χ1v) is 12.9. The van der Waals surface area contributed by atoms with E-state index in [1.165, 1.54) is 0 Å². The van der Waals surface area contributed by atoms with Gasteiger partial charge in [-0.2, -0.15) is 4.98 Å². The number of anilines is 3. The Morgan fingerprint density at radius 1 is 0.946 bits per heavy atom. The molecule has 0 atom stereocenters. The zero-order chi connectivity index (χ0) is 25.6. The largest absolute Gasteiger partial charge is 0.496 e. The van der Waals surface area contributed by atoms with E-state index in [2.05, 4.69) is 16.0 Å². The molecule has 1 aliphatic rings. The topological polar surface area (TPSA) is 88.2 Å². The summed E-state index contributed by atoms with van der Waals surface area (Å²) in [5, 5.41) is 11.7. The van der Waals surface area contributed by atoms with Crippen molar-refractivity contribution in [1.82, 2.24) is 15.3 Å². The summed E-state index contributed by atoms with van der Waals surface area (Å²) in [5.41, 5.74) is 2.36. The SMILES string of the molecule is COc1ccccc1C(=O)NC[C@H]1CC[C@H](Nc2nc(Nc3ccc(Cl)cc3)c3ccccc3n2)CC1. The normalized spacial score (nSPS) is 17.2. The van der Waals surface area contributed by atoms with Gasteiger partial charge in [-0.15, -0.1) is 0 Å². The van der Waals surface area contributed by atoms with Crippen LogP contribution in [-0.2, 0) is 0 Å². The fourth-order valence-electron chi connectivity index (χ4n) is 4.76. The molecule has 0 radical (unpaired) electrons. The summed E-state index contributed by atoms with van der Waals surface area (Å²) in [5.74, 6) is 2.30. The second kappa shape index (κ2) is 11.5. The zero-order valence-electron chi connectivity index (χ0n) is 20.7. The molecule has 3 aromatic carbocycles. The van der Waals surface area contributed by atoms with Gasteiger partial charge in [0.05, 0.1) is 18.2 Å². The van der Waals surface area contributed by atoms with Crippen molar-refractivity contribution < 1.29 is 9.53 Å². The number of methoxy groups -OCH3 is 1. The highest BCUT2D eigenvalue weighted by Gasteiger charge is 2.23. The van der Waals surface area contributed by atoms with Crippen molar-refractivity contribution in [2.75, 3.05) is 24.3 Å². The van der Waals surface area contributed by atoms with E-state index in [1.54, 1.807) is 19.2 Å². The summed E-state index contributed by atoms with van der Waals surface area (Å²) < 4.78 is 5.31. The maximum atomic E-state index is 12.6. The van der Waals surface area contributed by atoms with Crippen LogP contribution in [0.1, 0.15) is 36.0 Å². The standard InChI is InChI=1S/C29H30ClN5O2/c1-37-26-9-5-3-7-24(26)28(36)31-18-19-10-14-22(15-11-19)33-29-34-25-8-4-2-6-23(25)27(35-29)32-21-16-12-20(30)13-17-21/h2-9,12-13,16-17,19,22H,10-11,14-15,18H2,1H3,(H,31,36)(H2,32,33,34,35)/t19-,22-. The number of para-hydroxylation sites is 2. The third-order valence-electron chi connectivity index (χ3n) is 6.79. The number of halogens is 1. The van der Waals surface area contributed by atoms with Crippen LogP contribution in [0.4, 0.5) is 17.5 Å². The molecule has 5 rings (SSSR count). The molecule has 190 valence electrons. The van der Waals surface area contributed by atoms with Crippen molar-refractivity contribution in [2.24, 2.45) is 5.92 Å². The van der Waals surface area contributed by atoms with Crippen LogP contribution in [0.25, 0.3) is 10.9 Å². The van der Waals surface area contributed by atoms with Crippen LogP contribution >= 0.6 is 11.6 Å². The van der Waals surface area contributed by atoms with Crippen molar-refractivity contribution in [2.45, 2.75) is 31.7 Å². The monoisotopic (exact) mass is 515 g/mol. The average molecular weight is 516 g/mol. The summed E-state index contributed by atoms with van der Waals surface area (Å²) in [4.78, 5) is 22.2. The smallest absolute Gasteiger partial charge is 0.255 e. The number of nitrogens with one attached hydrogen (secondary N) is 3. The van der Waals surface area contributed by atoms with E-state index in [1.807, 2.05) is 60.7 Å².